The maximum atomic E-state index is 11.1. The van der Waals surface area contributed by atoms with Gasteiger partial charge in [0.15, 0.2) is 0 Å². The number of nitrogens with zero attached hydrogens (tertiary/aromatic N) is 1. The molecule has 1 N–H and O–H groups in total. The van der Waals surface area contributed by atoms with Gasteiger partial charge in [-0.3, -0.25) is 8.67 Å². The molecule has 1 aromatic rings. The Kier molecular flexibility index (Phi) is 8.77. The van der Waals surface area contributed by atoms with Gasteiger partial charge in [-0.25, -0.2) is 13.2 Å². The topological polar surface area (TPSA) is 105 Å². The quantitative estimate of drug-likeness (QED) is 0.491. The first-order valence-electron chi connectivity index (χ1n) is 6.98. The smallest absolute Gasteiger partial charge is 0.412 e. The summed E-state index contributed by atoms with van der Waals surface area (Å²) in [5, 5.41) is 2.43. The van der Waals surface area contributed by atoms with Crippen molar-refractivity contribution in [3.8, 4) is 5.75 Å². The van der Waals surface area contributed by atoms with Gasteiger partial charge in [0.2, 0.25) is 10.4 Å². The summed E-state index contributed by atoms with van der Waals surface area (Å²) in [6.45, 7) is 6.30. The third-order valence-corrected chi connectivity index (χ3v) is 3.86. The first-order valence-corrected chi connectivity index (χ1v) is 8.31. The van der Waals surface area contributed by atoms with E-state index in [0.29, 0.717) is 5.75 Å². The Bertz CT molecular complexity index is 599. The van der Waals surface area contributed by atoms with Gasteiger partial charge in [0.05, 0.1) is 27.2 Å². The van der Waals surface area contributed by atoms with Crippen molar-refractivity contribution in [1.29, 1.82) is 0 Å². The molecule has 0 bridgehead atoms. The van der Waals surface area contributed by atoms with Crippen LogP contribution in [0.25, 0.3) is 0 Å². The van der Waals surface area contributed by atoms with Crippen LogP contribution >= 0.6 is 0 Å². The first-order chi connectivity index (χ1) is 10.6. The predicted molar refractivity (Wildman–Crippen MR) is 87.0 cm³/mol. The molecule has 132 valence electrons. The molecular formula is C14H24N2O6S. The van der Waals surface area contributed by atoms with Crippen molar-refractivity contribution in [2.75, 3.05) is 34.3 Å². The summed E-state index contributed by atoms with van der Waals surface area (Å²) in [7, 11) is 0.108. The second kappa shape index (κ2) is 9.46. The molecule has 0 spiro atoms. The van der Waals surface area contributed by atoms with Crippen molar-refractivity contribution in [2.24, 2.45) is 0 Å². The van der Waals surface area contributed by atoms with Crippen LogP contribution in [0, 0.1) is 0 Å². The third kappa shape index (κ3) is 7.93. The van der Waals surface area contributed by atoms with E-state index in [1.807, 2.05) is 12.1 Å². The fourth-order valence-corrected chi connectivity index (χ4v) is 1.63. The number of hydrogen-bond donors (Lipinski definition) is 1. The van der Waals surface area contributed by atoms with E-state index >= 15 is 0 Å². The van der Waals surface area contributed by atoms with Crippen LogP contribution in [0.4, 0.5) is 10.5 Å². The maximum absolute atomic E-state index is 11.1. The normalized spacial score (nSPS) is 11.2. The highest BCUT2D eigenvalue weighted by atomic mass is 32.3. The van der Waals surface area contributed by atoms with E-state index in [2.05, 4.69) is 36.5 Å². The second-order valence-corrected chi connectivity index (χ2v) is 5.89. The second-order valence-electron chi connectivity index (χ2n) is 4.74. The monoisotopic (exact) mass is 348 g/mol. The van der Waals surface area contributed by atoms with E-state index in [4.69, 9.17) is 4.74 Å². The highest BCUT2D eigenvalue weighted by molar-refractivity contribution is 7.80. The van der Waals surface area contributed by atoms with Gasteiger partial charge in [0.25, 0.3) is 0 Å². The van der Waals surface area contributed by atoms with Crippen molar-refractivity contribution < 1.29 is 26.7 Å². The van der Waals surface area contributed by atoms with E-state index in [9.17, 15) is 17.8 Å². The lowest BCUT2D eigenvalue weighted by atomic mass is 10.2. The molecule has 0 radical (unpaired) electrons. The molecule has 1 amide bonds. The Labute approximate surface area is 137 Å². The largest absolute Gasteiger partial charge is 0.726 e. The fourth-order valence-electron chi connectivity index (χ4n) is 1.63. The molecule has 0 fully saturated rings. The van der Waals surface area contributed by atoms with E-state index in [1.165, 1.54) is 0 Å². The Morgan fingerprint density at radius 2 is 1.83 bits per heavy atom. The number of nitrogens with one attached hydrogen (secondary N) is 1. The Balaban J connectivity index is 0.000000688. The third-order valence-electron chi connectivity index (χ3n) is 3.46. The van der Waals surface area contributed by atoms with Crippen LogP contribution in [0.3, 0.4) is 0 Å². The minimum absolute atomic E-state index is 0.440. The molecule has 0 unspecified atom stereocenters. The molecule has 0 heterocycles. The van der Waals surface area contributed by atoms with Gasteiger partial charge in [-0.05, 0) is 26.0 Å². The van der Waals surface area contributed by atoms with Crippen LogP contribution in [0.15, 0.2) is 24.3 Å². The molecule has 0 saturated carbocycles. The van der Waals surface area contributed by atoms with Gasteiger partial charge >= 0.3 is 6.09 Å². The molecular weight excluding hydrogens is 324 g/mol. The molecule has 8 nitrogen and oxygen atoms in total. The number of quaternary nitrogens is 1. The number of carbonyl (C=O) groups is 1. The zero-order valence-electron chi connectivity index (χ0n) is 14.0. The van der Waals surface area contributed by atoms with Crippen LogP contribution < -0.4 is 14.5 Å². The SMILES string of the molecule is CC[N+](C)(CC)c1cccc(OC(=O)NC)c1.COS(=O)(=O)[O-]. The lowest BCUT2D eigenvalue weighted by molar-refractivity contribution is 0.203. The highest BCUT2D eigenvalue weighted by Gasteiger charge is 2.20. The molecule has 0 saturated heterocycles. The summed E-state index contributed by atoms with van der Waals surface area (Å²) in [6.07, 6.45) is -0.440. The number of ether oxygens (including phenoxy) is 1. The van der Waals surface area contributed by atoms with Gasteiger partial charge < -0.3 is 14.6 Å². The van der Waals surface area contributed by atoms with Crippen LogP contribution in [0.5, 0.6) is 5.75 Å². The standard InChI is InChI=1S/C13H20N2O2.CH4O4S/c1-5-15(4,6-2)11-8-7-9-12(10-11)17-13(16)14-3;1-5-6(2,3)4/h7-10H,5-6H2,1-4H3;1H3,(H,2,3,4). The van der Waals surface area contributed by atoms with E-state index in [-0.39, 0.29) is 0 Å². The number of benzene rings is 1. The summed E-state index contributed by atoms with van der Waals surface area (Å²) in [5.41, 5.74) is 1.15. The molecule has 0 aliphatic rings. The zero-order chi connectivity index (χ0) is 18.1. The highest BCUT2D eigenvalue weighted by Crippen LogP contribution is 2.25. The lowest BCUT2D eigenvalue weighted by Gasteiger charge is -2.31. The van der Waals surface area contributed by atoms with Crippen molar-refractivity contribution >= 4 is 22.2 Å². The number of amides is 1. The molecule has 9 heteroatoms. The van der Waals surface area contributed by atoms with Crippen molar-refractivity contribution in [1.82, 2.24) is 9.80 Å². The van der Waals surface area contributed by atoms with Crippen LogP contribution in [0.2, 0.25) is 0 Å². The summed E-state index contributed by atoms with van der Waals surface area (Å²) >= 11 is 0. The van der Waals surface area contributed by atoms with Crippen molar-refractivity contribution in [3.05, 3.63) is 24.3 Å². The minimum atomic E-state index is -4.41. The summed E-state index contributed by atoms with van der Waals surface area (Å²) in [4.78, 5) is 11.1. The Hall–Kier alpha value is -1.68. The molecule has 0 aromatic heterocycles. The summed E-state index contributed by atoms with van der Waals surface area (Å²) < 4.78 is 37.0. The average molecular weight is 348 g/mol. The van der Waals surface area contributed by atoms with Crippen LogP contribution in [0.1, 0.15) is 13.8 Å². The number of hydrogen-bond acceptors (Lipinski definition) is 6. The molecule has 0 atom stereocenters. The van der Waals surface area contributed by atoms with E-state index in [0.717, 1.165) is 30.4 Å². The lowest BCUT2D eigenvalue weighted by Crippen LogP contribution is -2.44. The van der Waals surface area contributed by atoms with Gasteiger partial charge in [-0.2, -0.15) is 0 Å². The van der Waals surface area contributed by atoms with E-state index in [1.54, 1.807) is 13.1 Å². The Morgan fingerprint density at radius 1 is 1.30 bits per heavy atom. The number of rotatable bonds is 5. The Morgan fingerprint density at radius 3 is 2.22 bits per heavy atom. The molecule has 0 aliphatic carbocycles. The molecule has 1 rings (SSSR count). The predicted octanol–water partition coefficient (Wildman–Crippen LogP) is 1.47. The minimum Gasteiger partial charge on any atom is -0.726 e. The first kappa shape index (κ1) is 21.3. The van der Waals surface area contributed by atoms with Crippen molar-refractivity contribution in [2.45, 2.75) is 13.8 Å². The molecule has 0 aliphatic heterocycles. The molecule has 23 heavy (non-hydrogen) atoms. The van der Waals surface area contributed by atoms with Crippen LogP contribution in [-0.4, -0.2) is 53.4 Å². The van der Waals surface area contributed by atoms with Crippen LogP contribution in [-0.2, 0) is 14.6 Å². The molecule has 1 aromatic carbocycles. The van der Waals surface area contributed by atoms with Crippen molar-refractivity contribution in [3.63, 3.8) is 0 Å². The average Bonchev–Trinajstić information content (AvgIpc) is 2.54. The summed E-state index contributed by atoms with van der Waals surface area (Å²) in [6, 6.07) is 7.68. The number of carbonyl (C=O) groups excluding carboxylic acids is 1. The summed E-state index contributed by atoms with van der Waals surface area (Å²) in [5.74, 6) is 0.577. The van der Waals surface area contributed by atoms with E-state index < -0.39 is 16.5 Å². The van der Waals surface area contributed by atoms with Gasteiger partial charge in [-0.1, -0.05) is 6.07 Å². The fraction of sp³-hybridized carbons (Fsp3) is 0.500. The van der Waals surface area contributed by atoms with Gasteiger partial charge in [0, 0.05) is 13.1 Å². The van der Waals surface area contributed by atoms with Gasteiger partial charge in [-0.15, -0.1) is 0 Å². The zero-order valence-corrected chi connectivity index (χ0v) is 14.8. The maximum Gasteiger partial charge on any atom is 0.412 e. The van der Waals surface area contributed by atoms with Gasteiger partial charge in [0.1, 0.15) is 11.4 Å².